The number of piperidine rings is 1. The number of ether oxygens (including phenoxy) is 1. The van der Waals surface area contributed by atoms with Crippen molar-refractivity contribution in [2.45, 2.75) is 45.7 Å². The van der Waals surface area contributed by atoms with Crippen molar-refractivity contribution in [2.24, 2.45) is 4.99 Å². The van der Waals surface area contributed by atoms with Crippen LogP contribution in [0.2, 0.25) is 0 Å². The monoisotopic (exact) mass is 499 g/mol. The number of fused-ring (bicyclic) bond motifs is 1. The number of likely N-dealkylation sites (tertiary alicyclic amines) is 1. The van der Waals surface area contributed by atoms with Crippen molar-refractivity contribution < 1.29 is 31.9 Å². The number of aromatic nitrogens is 1. The van der Waals surface area contributed by atoms with Crippen molar-refractivity contribution in [1.82, 2.24) is 9.47 Å². The Morgan fingerprint density at radius 1 is 1.24 bits per heavy atom. The Bertz CT molecular complexity index is 1230. The first-order chi connectivity index (χ1) is 15.6. The van der Waals surface area contributed by atoms with Gasteiger partial charge in [0.1, 0.15) is 23.9 Å². The van der Waals surface area contributed by atoms with Crippen LogP contribution in [-0.2, 0) is 35.5 Å². The molecule has 1 aromatic carbocycles. The topological polar surface area (TPSA) is 115 Å². The highest BCUT2D eigenvalue weighted by molar-refractivity contribution is 7.92. The highest BCUT2D eigenvalue weighted by Gasteiger charge is 2.28. The van der Waals surface area contributed by atoms with Gasteiger partial charge in [0.25, 0.3) is 5.91 Å². The van der Waals surface area contributed by atoms with E-state index < -0.39 is 44.9 Å². The summed E-state index contributed by atoms with van der Waals surface area (Å²) >= 11 is 0.947. The van der Waals surface area contributed by atoms with Gasteiger partial charge in [-0.1, -0.05) is 11.3 Å². The van der Waals surface area contributed by atoms with Crippen LogP contribution in [0.1, 0.15) is 33.1 Å². The highest BCUT2D eigenvalue weighted by Crippen LogP contribution is 2.19. The molecule has 9 nitrogen and oxygen atoms in total. The molecule has 0 radical (unpaired) electrons. The van der Waals surface area contributed by atoms with E-state index >= 15 is 0 Å². The molecule has 2 amide bonds. The maximum absolute atomic E-state index is 13.6. The quantitative estimate of drug-likeness (QED) is 0.535. The van der Waals surface area contributed by atoms with Gasteiger partial charge in [0.2, 0.25) is 5.91 Å². The number of hydrogen-bond donors (Lipinski definition) is 0. The Labute approximate surface area is 194 Å². The van der Waals surface area contributed by atoms with Crippen LogP contribution in [-0.4, -0.2) is 66.4 Å². The lowest BCUT2D eigenvalue weighted by molar-refractivity contribution is -0.143. The SMILES string of the molecule is CCOC(=O)Cn1c(=NC(=O)CS(=O)(=O)CC(=O)N2CCCCC2C)sc2cc(F)ccc21. The molecule has 1 unspecified atom stereocenters. The summed E-state index contributed by atoms with van der Waals surface area (Å²) in [7, 11) is -4.04. The molecule has 1 aromatic heterocycles. The van der Waals surface area contributed by atoms with Crippen LogP contribution < -0.4 is 4.80 Å². The molecule has 1 aliphatic rings. The summed E-state index contributed by atoms with van der Waals surface area (Å²) in [5.41, 5.74) is 0.457. The Kier molecular flexibility index (Phi) is 8.01. The third-order valence-corrected chi connectivity index (χ3v) is 7.68. The Morgan fingerprint density at radius 3 is 2.70 bits per heavy atom. The molecule has 0 aliphatic carbocycles. The van der Waals surface area contributed by atoms with Gasteiger partial charge in [-0.25, -0.2) is 12.8 Å². The zero-order chi connectivity index (χ0) is 24.2. The number of amides is 2. The van der Waals surface area contributed by atoms with E-state index in [0.717, 1.165) is 30.6 Å². The molecule has 180 valence electrons. The molecule has 0 spiro atoms. The maximum Gasteiger partial charge on any atom is 0.326 e. The van der Waals surface area contributed by atoms with Crippen molar-refractivity contribution in [2.75, 3.05) is 24.7 Å². The molecule has 0 saturated carbocycles. The third-order valence-electron chi connectivity index (χ3n) is 5.27. The van der Waals surface area contributed by atoms with Gasteiger partial charge < -0.3 is 14.2 Å². The lowest BCUT2D eigenvalue weighted by Gasteiger charge is -2.33. The lowest BCUT2D eigenvalue weighted by Crippen LogP contribution is -2.45. The fraction of sp³-hybridized carbons (Fsp3) is 0.524. The molecule has 12 heteroatoms. The Morgan fingerprint density at radius 2 is 2.00 bits per heavy atom. The average molecular weight is 500 g/mol. The summed E-state index contributed by atoms with van der Waals surface area (Å²) < 4.78 is 45.4. The van der Waals surface area contributed by atoms with Gasteiger partial charge in [-0.05, 0) is 51.3 Å². The molecule has 1 aliphatic heterocycles. The van der Waals surface area contributed by atoms with Gasteiger partial charge in [0, 0.05) is 12.6 Å². The number of nitrogens with zero attached hydrogens (tertiary/aromatic N) is 3. The van der Waals surface area contributed by atoms with E-state index in [1.54, 1.807) is 6.92 Å². The van der Waals surface area contributed by atoms with E-state index in [0.29, 0.717) is 16.8 Å². The number of esters is 1. The average Bonchev–Trinajstić information content (AvgIpc) is 3.03. The molecule has 3 rings (SSSR count). The summed E-state index contributed by atoms with van der Waals surface area (Å²) in [6.07, 6.45) is 2.62. The van der Waals surface area contributed by atoms with Crippen molar-refractivity contribution >= 4 is 49.2 Å². The summed E-state index contributed by atoms with van der Waals surface area (Å²) in [5, 5.41) is 0. The minimum absolute atomic E-state index is 0.0392. The van der Waals surface area contributed by atoms with Crippen LogP contribution in [0, 0.1) is 5.82 Å². The lowest BCUT2D eigenvalue weighted by atomic mass is 10.0. The second-order valence-electron chi connectivity index (χ2n) is 7.86. The van der Waals surface area contributed by atoms with Gasteiger partial charge in [0.05, 0.1) is 16.8 Å². The largest absolute Gasteiger partial charge is 0.465 e. The van der Waals surface area contributed by atoms with Gasteiger partial charge >= 0.3 is 5.97 Å². The van der Waals surface area contributed by atoms with Crippen molar-refractivity contribution in [3.8, 4) is 0 Å². The first kappa shape index (κ1) is 25.0. The number of rotatable bonds is 7. The maximum atomic E-state index is 13.6. The minimum atomic E-state index is -4.04. The number of carbonyl (C=O) groups excluding carboxylic acids is 3. The number of benzene rings is 1. The normalized spacial score (nSPS) is 17.4. The van der Waals surface area contributed by atoms with E-state index in [1.165, 1.54) is 27.7 Å². The summed E-state index contributed by atoms with van der Waals surface area (Å²) in [4.78, 5) is 42.4. The minimum Gasteiger partial charge on any atom is -0.465 e. The molecule has 0 bridgehead atoms. The van der Waals surface area contributed by atoms with E-state index in [4.69, 9.17) is 4.74 Å². The van der Waals surface area contributed by atoms with E-state index in [2.05, 4.69) is 4.99 Å². The Hall–Kier alpha value is -2.60. The number of sulfone groups is 1. The van der Waals surface area contributed by atoms with E-state index in [-0.39, 0.29) is 24.0 Å². The van der Waals surface area contributed by atoms with Crippen LogP contribution in [0.3, 0.4) is 0 Å². The Balaban J connectivity index is 1.83. The van der Waals surface area contributed by atoms with Crippen molar-refractivity contribution in [3.63, 3.8) is 0 Å². The first-order valence-electron chi connectivity index (χ1n) is 10.6. The van der Waals surface area contributed by atoms with Crippen LogP contribution in [0.15, 0.2) is 23.2 Å². The van der Waals surface area contributed by atoms with Crippen LogP contribution in [0.4, 0.5) is 4.39 Å². The fourth-order valence-corrected chi connectivity index (χ4v) is 5.90. The molecular weight excluding hydrogens is 473 g/mol. The number of hydrogen-bond acceptors (Lipinski definition) is 7. The molecule has 0 N–H and O–H groups in total. The van der Waals surface area contributed by atoms with Crippen LogP contribution >= 0.6 is 11.3 Å². The van der Waals surface area contributed by atoms with Crippen LogP contribution in [0.25, 0.3) is 10.2 Å². The van der Waals surface area contributed by atoms with Gasteiger partial charge in [-0.2, -0.15) is 4.99 Å². The second kappa shape index (κ2) is 10.6. The van der Waals surface area contributed by atoms with Gasteiger partial charge in [0.15, 0.2) is 14.6 Å². The standard InChI is InChI=1S/C21H26FN3O6S2/c1-3-31-20(28)11-25-16-8-7-15(22)10-17(16)32-21(25)23-18(26)12-33(29,30)13-19(27)24-9-5-4-6-14(24)2/h7-8,10,14H,3-6,9,11-13H2,1-2H3. The zero-order valence-electron chi connectivity index (χ0n) is 18.5. The summed E-state index contributed by atoms with van der Waals surface area (Å²) in [6.45, 7) is 3.90. The molecule has 1 atom stereocenters. The number of halogens is 1. The molecular formula is C21H26FN3O6S2. The number of thiazole rings is 1. The summed E-state index contributed by atoms with van der Waals surface area (Å²) in [6, 6.07) is 3.85. The molecule has 1 fully saturated rings. The molecule has 33 heavy (non-hydrogen) atoms. The molecule has 1 saturated heterocycles. The van der Waals surface area contributed by atoms with E-state index in [1.807, 2.05) is 6.92 Å². The zero-order valence-corrected chi connectivity index (χ0v) is 20.1. The fourth-order valence-electron chi connectivity index (χ4n) is 3.74. The molecule has 2 heterocycles. The molecule has 2 aromatic rings. The third kappa shape index (κ3) is 6.47. The van der Waals surface area contributed by atoms with Gasteiger partial charge in [-0.15, -0.1) is 0 Å². The first-order valence-corrected chi connectivity index (χ1v) is 13.3. The van der Waals surface area contributed by atoms with E-state index in [9.17, 15) is 27.2 Å². The number of carbonyl (C=O) groups is 3. The summed E-state index contributed by atoms with van der Waals surface area (Å²) in [5.74, 6) is -4.28. The van der Waals surface area contributed by atoms with Crippen molar-refractivity contribution in [1.29, 1.82) is 0 Å². The van der Waals surface area contributed by atoms with Crippen molar-refractivity contribution in [3.05, 3.63) is 28.8 Å². The van der Waals surface area contributed by atoms with Gasteiger partial charge in [-0.3, -0.25) is 14.4 Å². The second-order valence-corrected chi connectivity index (χ2v) is 10.9. The smallest absolute Gasteiger partial charge is 0.326 e. The predicted molar refractivity (Wildman–Crippen MR) is 121 cm³/mol. The highest BCUT2D eigenvalue weighted by atomic mass is 32.2. The predicted octanol–water partition coefficient (Wildman–Crippen LogP) is 1.65. The van der Waals surface area contributed by atoms with Crippen LogP contribution in [0.5, 0.6) is 0 Å².